The van der Waals surface area contributed by atoms with Crippen molar-refractivity contribution in [1.82, 2.24) is 4.90 Å². The zero-order valence-corrected chi connectivity index (χ0v) is 23.1. The third kappa shape index (κ3) is 8.21. The zero-order chi connectivity index (χ0) is 27.0. The molecule has 196 valence electrons. The van der Waals surface area contributed by atoms with Gasteiger partial charge in [-0.3, -0.25) is 9.59 Å². The number of rotatable bonds is 10. The summed E-state index contributed by atoms with van der Waals surface area (Å²) >= 11 is 0. The Balaban J connectivity index is 1.96. The van der Waals surface area contributed by atoms with E-state index in [1.807, 2.05) is 85.7 Å². The van der Waals surface area contributed by atoms with Crippen molar-refractivity contribution in [3.8, 4) is 0 Å². The Bertz CT molecular complexity index is 1170. The van der Waals surface area contributed by atoms with Crippen LogP contribution in [0.4, 0.5) is 11.4 Å². The molecule has 3 aromatic carbocycles. The van der Waals surface area contributed by atoms with Crippen LogP contribution in [-0.4, -0.2) is 30.8 Å². The predicted molar refractivity (Wildman–Crippen MR) is 154 cm³/mol. The SMILES string of the molecule is CCC(C(=O)N(Cc1ccccc1)Cc1cc(NC(=O)CC(C)(C)C)ccc1N(C)C)c1ccccc1. The Morgan fingerprint density at radius 2 is 1.49 bits per heavy atom. The van der Waals surface area contributed by atoms with Crippen LogP contribution in [0, 0.1) is 5.41 Å². The van der Waals surface area contributed by atoms with Crippen molar-refractivity contribution in [2.45, 2.75) is 59.5 Å². The summed E-state index contributed by atoms with van der Waals surface area (Å²) in [4.78, 5) is 30.7. The van der Waals surface area contributed by atoms with Gasteiger partial charge in [0.05, 0.1) is 5.92 Å². The monoisotopic (exact) mass is 499 g/mol. The molecule has 0 spiro atoms. The van der Waals surface area contributed by atoms with Gasteiger partial charge in [0.2, 0.25) is 11.8 Å². The summed E-state index contributed by atoms with van der Waals surface area (Å²) in [5.74, 6) is -0.129. The molecule has 1 unspecified atom stereocenters. The van der Waals surface area contributed by atoms with Crippen LogP contribution in [0.5, 0.6) is 0 Å². The molecule has 2 amide bonds. The Kier molecular flexibility index (Phi) is 9.51. The van der Waals surface area contributed by atoms with E-state index in [0.717, 1.165) is 34.5 Å². The van der Waals surface area contributed by atoms with Gasteiger partial charge in [0.1, 0.15) is 0 Å². The molecule has 0 heterocycles. The summed E-state index contributed by atoms with van der Waals surface area (Å²) in [6, 6.07) is 26.1. The molecule has 3 rings (SSSR count). The third-order valence-electron chi connectivity index (χ3n) is 6.33. The fourth-order valence-corrected chi connectivity index (χ4v) is 4.59. The van der Waals surface area contributed by atoms with Gasteiger partial charge in [-0.05, 0) is 46.7 Å². The highest BCUT2D eigenvalue weighted by atomic mass is 16.2. The van der Waals surface area contributed by atoms with Crippen LogP contribution in [0.3, 0.4) is 0 Å². The number of carbonyl (C=O) groups excluding carboxylic acids is 2. The van der Waals surface area contributed by atoms with Crippen LogP contribution in [0.2, 0.25) is 0 Å². The van der Waals surface area contributed by atoms with Crippen LogP contribution in [0.1, 0.15) is 63.1 Å². The van der Waals surface area contributed by atoms with E-state index in [0.29, 0.717) is 19.5 Å². The first-order chi connectivity index (χ1) is 17.6. The number of hydrogen-bond acceptors (Lipinski definition) is 3. The summed E-state index contributed by atoms with van der Waals surface area (Å²) < 4.78 is 0. The third-order valence-corrected chi connectivity index (χ3v) is 6.33. The molecule has 5 heteroatoms. The average molecular weight is 500 g/mol. The molecule has 0 aliphatic carbocycles. The summed E-state index contributed by atoms with van der Waals surface area (Å²) in [5.41, 5.74) is 4.78. The molecule has 5 nitrogen and oxygen atoms in total. The number of benzene rings is 3. The maximum absolute atomic E-state index is 14.0. The molecule has 0 aliphatic rings. The average Bonchev–Trinajstić information content (AvgIpc) is 2.84. The molecular weight excluding hydrogens is 458 g/mol. The lowest BCUT2D eigenvalue weighted by Gasteiger charge is -2.29. The van der Waals surface area contributed by atoms with Crippen LogP contribution < -0.4 is 10.2 Å². The highest BCUT2D eigenvalue weighted by molar-refractivity contribution is 5.91. The van der Waals surface area contributed by atoms with Crippen molar-refractivity contribution < 1.29 is 9.59 Å². The molecule has 0 aromatic heterocycles. The van der Waals surface area contributed by atoms with E-state index in [4.69, 9.17) is 0 Å². The summed E-state index contributed by atoms with van der Waals surface area (Å²) in [6.07, 6.45) is 1.16. The van der Waals surface area contributed by atoms with Gasteiger partial charge in [0.25, 0.3) is 0 Å². The van der Waals surface area contributed by atoms with E-state index in [-0.39, 0.29) is 23.1 Å². The zero-order valence-electron chi connectivity index (χ0n) is 23.1. The molecule has 0 saturated carbocycles. The summed E-state index contributed by atoms with van der Waals surface area (Å²) in [5, 5.41) is 3.06. The Morgan fingerprint density at radius 1 is 0.865 bits per heavy atom. The first-order valence-corrected chi connectivity index (χ1v) is 13.0. The van der Waals surface area contributed by atoms with Crippen LogP contribution in [0.15, 0.2) is 78.9 Å². The first-order valence-electron chi connectivity index (χ1n) is 13.0. The first kappa shape index (κ1) is 28.0. The quantitative estimate of drug-likeness (QED) is 0.332. The lowest BCUT2D eigenvalue weighted by Crippen LogP contribution is -2.34. The molecule has 0 bridgehead atoms. The van der Waals surface area contributed by atoms with Crippen molar-refractivity contribution in [1.29, 1.82) is 0 Å². The molecule has 1 N–H and O–H groups in total. The Hall–Kier alpha value is -3.60. The largest absolute Gasteiger partial charge is 0.377 e. The van der Waals surface area contributed by atoms with Crippen LogP contribution in [0.25, 0.3) is 0 Å². The van der Waals surface area contributed by atoms with Gasteiger partial charge in [-0.15, -0.1) is 0 Å². The minimum atomic E-state index is -0.220. The molecule has 3 aromatic rings. The lowest BCUT2D eigenvalue weighted by atomic mass is 9.92. The Labute approximate surface area is 222 Å². The van der Waals surface area contributed by atoms with Crippen molar-refractivity contribution in [2.24, 2.45) is 5.41 Å². The highest BCUT2D eigenvalue weighted by Gasteiger charge is 2.26. The second-order valence-corrected chi connectivity index (χ2v) is 11.1. The second-order valence-electron chi connectivity index (χ2n) is 11.1. The van der Waals surface area contributed by atoms with E-state index in [9.17, 15) is 9.59 Å². The van der Waals surface area contributed by atoms with Gasteiger partial charge >= 0.3 is 0 Å². The molecule has 1 atom stereocenters. The van der Waals surface area contributed by atoms with Crippen molar-refractivity contribution in [2.75, 3.05) is 24.3 Å². The molecule has 0 aliphatic heterocycles. The highest BCUT2D eigenvalue weighted by Crippen LogP contribution is 2.29. The topological polar surface area (TPSA) is 52.7 Å². The van der Waals surface area contributed by atoms with Gasteiger partial charge in [0, 0.05) is 45.0 Å². The summed E-state index contributed by atoms with van der Waals surface area (Å²) in [7, 11) is 4.00. The van der Waals surface area contributed by atoms with Gasteiger partial charge in [0.15, 0.2) is 0 Å². The fourth-order valence-electron chi connectivity index (χ4n) is 4.59. The van der Waals surface area contributed by atoms with Crippen molar-refractivity contribution in [3.05, 3.63) is 95.6 Å². The smallest absolute Gasteiger partial charge is 0.230 e. The minimum Gasteiger partial charge on any atom is -0.377 e. The standard InChI is InChI=1S/C32H41N3O2/c1-7-28(25-16-12-9-13-17-25)31(37)35(22-24-14-10-8-11-15-24)23-26-20-27(18-19-29(26)34(5)6)33-30(36)21-32(2,3)4/h8-20,28H,7,21-23H2,1-6H3,(H,33,36). The molecule has 0 saturated heterocycles. The Morgan fingerprint density at radius 3 is 2.05 bits per heavy atom. The normalized spacial score (nSPS) is 12.1. The van der Waals surface area contributed by atoms with E-state index >= 15 is 0 Å². The van der Waals surface area contributed by atoms with Crippen molar-refractivity contribution in [3.63, 3.8) is 0 Å². The molecule has 0 fully saturated rings. The number of hydrogen-bond donors (Lipinski definition) is 1. The van der Waals surface area contributed by atoms with E-state index in [1.54, 1.807) is 0 Å². The number of nitrogens with zero attached hydrogens (tertiary/aromatic N) is 2. The van der Waals surface area contributed by atoms with Gasteiger partial charge < -0.3 is 15.1 Å². The van der Waals surface area contributed by atoms with Crippen LogP contribution >= 0.6 is 0 Å². The predicted octanol–water partition coefficient (Wildman–Crippen LogP) is 6.85. The van der Waals surface area contributed by atoms with Gasteiger partial charge in [-0.25, -0.2) is 0 Å². The number of anilines is 2. The van der Waals surface area contributed by atoms with Crippen molar-refractivity contribution >= 4 is 23.2 Å². The van der Waals surface area contributed by atoms with E-state index < -0.39 is 0 Å². The second kappa shape index (κ2) is 12.6. The minimum absolute atomic E-state index is 0.0107. The molecular formula is C32H41N3O2. The van der Waals surface area contributed by atoms with E-state index in [2.05, 4.69) is 50.0 Å². The summed E-state index contributed by atoms with van der Waals surface area (Å²) in [6.45, 7) is 9.17. The van der Waals surface area contributed by atoms with E-state index in [1.165, 1.54) is 0 Å². The lowest BCUT2D eigenvalue weighted by molar-refractivity contribution is -0.134. The number of nitrogens with one attached hydrogen (secondary N) is 1. The van der Waals surface area contributed by atoms with Gasteiger partial charge in [-0.1, -0.05) is 88.4 Å². The fraction of sp³-hybridized carbons (Fsp3) is 0.375. The number of carbonyl (C=O) groups is 2. The maximum Gasteiger partial charge on any atom is 0.230 e. The van der Waals surface area contributed by atoms with Gasteiger partial charge in [-0.2, -0.15) is 0 Å². The molecule has 37 heavy (non-hydrogen) atoms. The number of amides is 2. The molecule has 0 radical (unpaired) electrons. The van der Waals surface area contributed by atoms with Crippen LogP contribution in [-0.2, 0) is 22.7 Å². The maximum atomic E-state index is 14.0.